The number of benzene rings is 2. The van der Waals surface area contributed by atoms with E-state index in [0.717, 1.165) is 5.56 Å². The highest BCUT2D eigenvalue weighted by atomic mass is 16.4. The van der Waals surface area contributed by atoms with Crippen molar-refractivity contribution >= 4 is 11.9 Å². The Morgan fingerprint density at radius 2 is 1.61 bits per heavy atom. The zero-order chi connectivity index (χ0) is 16.4. The normalized spacial score (nSPS) is 10.4. The third kappa shape index (κ3) is 2.67. The van der Waals surface area contributed by atoms with Gasteiger partial charge >= 0.3 is 11.9 Å². The number of hydrogen-bond acceptors (Lipinski definition) is 4. The number of aromatic nitrogens is 3. The van der Waals surface area contributed by atoms with E-state index in [-0.39, 0.29) is 22.5 Å². The van der Waals surface area contributed by atoms with Crippen LogP contribution in [0.1, 0.15) is 20.8 Å². The van der Waals surface area contributed by atoms with Gasteiger partial charge in [-0.1, -0.05) is 42.5 Å². The van der Waals surface area contributed by atoms with Gasteiger partial charge in [0.05, 0.1) is 5.56 Å². The highest BCUT2D eigenvalue weighted by molar-refractivity contribution is 6.01. The van der Waals surface area contributed by atoms with Gasteiger partial charge in [0.2, 0.25) is 0 Å². The molecule has 0 saturated heterocycles. The number of aromatic carboxylic acids is 2. The van der Waals surface area contributed by atoms with Crippen molar-refractivity contribution in [2.45, 2.75) is 0 Å². The predicted molar refractivity (Wildman–Crippen MR) is 81.2 cm³/mol. The van der Waals surface area contributed by atoms with Crippen LogP contribution in [-0.2, 0) is 0 Å². The summed E-state index contributed by atoms with van der Waals surface area (Å²) in [5.74, 6) is -2.45. The minimum atomic E-state index is -1.28. The van der Waals surface area contributed by atoms with Crippen molar-refractivity contribution in [3.8, 4) is 22.4 Å². The molecule has 0 spiro atoms. The molecule has 7 nitrogen and oxygen atoms in total. The van der Waals surface area contributed by atoms with Crippen molar-refractivity contribution < 1.29 is 19.8 Å². The first-order chi connectivity index (χ1) is 11.1. The number of hydrogen-bond donors (Lipinski definition) is 3. The Bertz CT molecular complexity index is 887. The van der Waals surface area contributed by atoms with Gasteiger partial charge in [-0.25, -0.2) is 9.59 Å². The van der Waals surface area contributed by atoms with Crippen LogP contribution in [0, 0.1) is 0 Å². The average Bonchev–Trinajstić information content (AvgIpc) is 3.05. The van der Waals surface area contributed by atoms with Crippen LogP contribution in [0.5, 0.6) is 0 Å². The molecule has 0 aliphatic heterocycles. The van der Waals surface area contributed by atoms with Gasteiger partial charge in [-0.15, -0.1) is 5.10 Å². The summed E-state index contributed by atoms with van der Waals surface area (Å²) in [4.78, 5) is 22.7. The molecule has 0 radical (unpaired) electrons. The van der Waals surface area contributed by atoms with Crippen molar-refractivity contribution in [1.29, 1.82) is 0 Å². The van der Waals surface area contributed by atoms with Crippen LogP contribution in [0.4, 0.5) is 0 Å². The van der Waals surface area contributed by atoms with Gasteiger partial charge in [0.1, 0.15) is 5.69 Å². The lowest BCUT2D eigenvalue weighted by atomic mass is 9.97. The molecule has 1 heterocycles. The maximum absolute atomic E-state index is 11.6. The maximum Gasteiger partial charge on any atom is 0.358 e. The minimum Gasteiger partial charge on any atom is -0.478 e. The summed E-state index contributed by atoms with van der Waals surface area (Å²) in [7, 11) is 0. The van der Waals surface area contributed by atoms with E-state index in [4.69, 9.17) is 5.11 Å². The quantitative estimate of drug-likeness (QED) is 0.682. The predicted octanol–water partition coefficient (Wildman–Crippen LogP) is 2.54. The average molecular weight is 309 g/mol. The first-order valence-electron chi connectivity index (χ1n) is 6.65. The third-order valence-electron chi connectivity index (χ3n) is 3.36. The number of carboxylic acids is 2. The number of carboxylic acid groups (broad SMARTS) is 2. The van der Waals surface area contributed by atoms with E-state index in [2.05, 4.69) is 15.4 Å². The third-order valence-corrected chi connectivity index (χ3v) is 3.36. The van der Waals surface area contributed by atoms with Crippen molar-refractivity contribution in [3.05, 3.63) is 59.8 Å². The number of nitrogens with zero attached hydrogens (tertiary/aromatic N) is 2. The van der Waals surface area contributed by atoms with Gasteiger partial charge in [0, 0.05) is 5.56 Å². The topological polar surface area (TPSA) is 116 Å². The highest BCUT2D eigenvalue weighted by Gasteiger charge is 2.22. The van der Waals surface area contributed by atoms with E-state index in [9.17, 15) is 14.7 Å². The Labute approximate surface area is 130 Å². The number of aromatic amines is 1. The standard InChI is InChI=1S/C16H11N3O4/c20-15(21)12-8-10(9-4-2-1-3-5-9)6-7-11(12)13-14(16(22)23)18-19-17-13/h1-8H,(H,20,21)(H,22,23)(H,17,18,19). The molecule has 0 aliphatic carbocycles. The molecule has 2 aromatic carbocycles. The molecular formula is C16H11N3O4. The molecule has 1 aromatic heterocycles. The summed E-state index contributed by atoms with van der Waals surface area (Å²) in [5, 5.41) is 28.1. The fourth-order valence-corrected chi connectivity index (χ4v) is 2.31. The van der Waals surface area contributed by atoms with Crippen LogP contribution < -0.4 is 0 Å². The van der Waals surface area contributed by atoms with Crippen molar-refractivity contribution in [2.24, 2.45) is 0 Å². The van der Waals surface area contributed by atoms with Crippen LogP contribution >= 0.6 is 0 Å². The fraction of sp³-hybridized carbons (Fsp3) is 0. The number of carbonyl (C=O) groups is 2. The van der Waals surface area contributed by atoms with Crippen LogP contribution in [0.15, 0.2) is 48.5 Å². The van der Waals surface area contributed by atoms with E-state index in [0.29, 0.717) is 5.56 Å². The molecule has 0 unspecified atom stereocenters. The second kappa shape index (κ2) is 5.72. The largest absolute Gasteiger partial charge is 0.478 e. The van der Waals surface area contributed by atoms with Gasteiger partial charge in [0.15, 0.2) is 5.69 Å². The maximum atomic E-state index is 11.6. The van der Waals surface area contributed by atoms with E-state index < -0.39 is 11.9 Å². The first kappa shape index (κ1) is 14.5. The summed E-state index contributed by atoms with van der Waals surface area (Å²) in [6.07, 6.45) is 0. The fourth-order valence-electron chi connectivity index (χ4n) is 2.31. The summed E-state index contributed by atoms with van der Waals surface area (Å²) in [6, 6.07) is 14.0. The van der Waals surface area contributed by atoms with Gasteiger partial charge in [-0.05, 0) is 17.2 Å². The minimum absolute atomic E-state index is 0.00508. The Morgan fingerprint density at radius 1 is 0.870 bits per heavy atom. The smallest absolute Gasteiger partial charge is 0.358 e. The SMILES string of the molecule is O=C(O)c1cc(-c2ccccc2)ccc1-c1n[nH]nc1C(=O)O. The van der Waals surface area contributed by atoms with E-state index in [1.54, 1.807) is 6.07 Å². The Morgan fingerprint density at radius 3 is 2.26 bits per heavy atom. The number of H-pyrrole nitrogens is 1. The summed E-state index contributed by atoms with van der Waals surface area (Å²) in [6.45, 7) is 0. The highest BCUT2D eigenvalue weighted by Crippen LogP contribution is 2.29. The summed E-state index contributed by atoms with van der Waals surface area (Å²) >= 11 is 0. The second-order valence-electron chi connectivity index (χ2n) is 4.76. The zero-order valence-electron chi connectivity index (χ0n) is 11.7. The summed E-state index contributed by atoms with van der Waals surface area (Å²) < 4.78 is 0. The van der Waals surface area contributed by atoms with Gasteiger partial charge < -0.3 is 10.2 Å². The Hall–Kier alpha value is -3.48. The van der Waals surface area contributed by atoms with Crippen molar-refractivity contribution in [2.75, 3.05) is 0 Å². The monoisotopic (exact) mass is 309 g/mol. The molecule has 23 heavy (non-hydrogen) atoms. The molecule has 3 aromatic rings. The molecule has 7 heteroatoms. The molecule has 3 N–H and O–H groups in total. The van der Waals surface area contributed by atoms with E-state index in [1.165, 1.54) is 12.1 Å². The zero-order valence-corrected chi connectivity index (χ0v) is 11.7. The molecule has 0 amide bonds. The summed E-state index contributed by atoms with van der Waals surface area (Å²) in [5.41, 5.74) is 1.41. The molecule has 0 bridgehead atoms. The van der Waals surface area contributed by atoms with E-state index in [1.807, 2.05) is 30.3 Å². The molecule has 0 saturated carbocycles. The molecule has 114 valence electrons. The molecule has 0 atom stereocenters. The van der Waals surface area contributed by atoms with Crippen LogP contribution in [0.25, 0.3) is 22.4 Å². The number of nitrogens with one attached hydrogen (secondary N) is 1. The Balaban J connectivity index is 2.17. The lowest BCUT2D eigenvalue weighted by Gasteiger charge is -2.08. The number of rotatable bonds is 4. The lowest BCUT2D eigenvalue weighted by molar-refractivity contribution is 0.0681. The van der Waals surface area contributed by atoms with Gasteiger partial charge in [0.25, 0.3) is 0 Å². The second-order valence-corrected chi connectivity index (χ2v) is 4.76. The van der Waals surface area contributed by atoms with Crippen molar-refractivity contribution in [3.63, 3.8) is 0 Å². The molecular weight excluding hydrogens is 298 g/mol. The van der Waals surface area contributed by atoms with Crippen LogP contribution in [0.3, 0.4) is 0 Å². The van der Waals surface area contributed by atoms with Crippen molar-refractivity contribution in [1.82, 2.24) is 15.4 Å². The van der Waals surface area contributed by atoms with Crippen LogP contribution in [-0.4, -0.2) is 37.6 Å². The molecule has 0 fully saturated rings. The lowest BCUT2D eigenvalue weighted by Crippen LogP contribution is -2.04. The van der Waals surface area contributed by atoms with E-state index >= 15 is 0 Å². The Kier molecular flexibility index (Phi) is 3.60. The van der Waals surface area contributed by atoms with Gasteiger partial charge in [-0.2, -0.15) is 10.3 Å². The first-order valence-corrected chi connectivity index (χ1v) is 6.65. The van der Waals surface area contributed by atoms with Gasteiger partial charge in [-0.3, -0.25) is 0 Å². The van der Waals surface area contributed by atoms with Crippen LogP contribution in [0.2, 0.25) is 0 Å². The molecule has 0 aliphatic rings. The molecule has 3 rings (SSSR count).